The van der Waals surface area contributed by atoms with E-state index in [2.05, 4.69) is 6.92 Å². The van der Waals surface area contributed by atoms with Gasteiger partial charge in [-0.1, -0.05) is 0 Å². The first-order valence-corrected chi connectivity index (χ1v) is 11.7. The first-order valence-electron chi connectivity index (χ1n) is 10.2. The van der Waals surface area contributed by atoms with Gasteiger partial charge >= 0.3 is 156 Å². The normalized spacial score (nSPS) is 28.3. The zero-order chi connectivity index (χ0) is 16.5. The molecule has 2 atom stereocenters. The summed E-state index contributed by atoms with van der Waals surface area (Å²) in [6.07, 6.45) is 15.1. The molecule has 4 rings (SSSR count). The molecule has 0 bridgehead atoms. The fraction of sp³-hybridized carbons (Fsp3) is 0.762. The van der Waals surface area contributed by atoms with E-state index in [9.17, 15) is 4.79 Å². The third kappa shape index (κ3) is 4.45. The van der Waals surface area contributed by atoms with Crippen LogP contribution in [0.25, 0.3) is 0 Å². The average molecular weight is 433 g/mol. The van der Waals surface area contributed by atoms with Crippen LogP contribution in [0, 0.1) is 11.8 Å². The first kappa shape index (κ1) is 22.5. The van der Waals surface area contributed by atoms with Gasteiger partial charge in [-0.2, -0.15) is 0 Å². The summed E-state index contributed by atoms with van der Waals surface area (Å²) in [5.74, 6) is 1.01. The molecule has 144 valence electrons. The Morgan fingerprint density at radius 3 is 2.35 bits per heavy atom. The van der Waals surface area contributed by atoms with E-state index in [-0.39, 0.29) is 36.7 Å². The van der Waals surface area contributed by atoms with Gasteiger partial charge in [0.2, 0.25) is 0 Å². The Morgan fingerprint density at radius 1 is 0.885 bits per heavy atom. The summed E-state index contributed by atoms with van der Waals surface area (Å²) in [4.78, 5) is 12.4. The second kappa shape index (κ2) is 10.1. The van der Waals surface area contributed by atoms with Crippen molar-refractivity contribution >= 4 is 5.97 Å². The fourth-order valence-electron chi connectivity index (χ4n) is 5.49. The minimum atomic E-state index is -0.641. The molecule has 1 saturated carbocycles. The molecule has 4 aliphatic carbocycles. The van der Waals surface area contributed by atoms with Gasteiger partial charge in [-0.25, -0.2) is 0 Å². The summed E-state index contributed by atoms with van der Waals surface area (Å²) in [5, 5.41) is 0. The number of fused-ring (bicyclic) bond motifs is 1. The van der Waals surface area contributed by atoms with E-state index in [0.29, 0.717) is 10.1 Å². The van der Waals surface area contributed by atoms with Crippen LogP contribution < -0.4 is 24.8 Å². The van der Waals surface area contributed by atoms with Crippen molar-refractivity contribution < 1.29 is 52.5 Å². The van der Waals surface area contributed by atoms with E-state index >= 15 is 0 Å². The Morgan fingerprint density at radius 2 is 1.58 bits per heavy atom. The maximum Gasteiger partial charge on any atom is -1.00 e. The molecule has 0 spiro atoms. The summed E-state index contributed by atoms with van der Waals surface area (Å²) in [7, 11) is 0. The number of carbonyl (C=O) groups excluding carboxylic acids is 1. The third-order valence-electron chi connectivity index (χ3n) is 6.75. The van der Waals surface area contributed by atoms with Crippen molar-refractivity contribution in [3.05, 3.63) is 22.3 Å². The molecule has 2 nitrogen and oxygen atoms in total. The monoisotopic (exact) mass is 432 g/mol. The van der Waals surface area contributed by atoms with Crippen molar-refractivity contribution in [2.24, 2.45) is 11.8 Å². The zero-order valence-electron chi connectivity index (χ0n) is 15.8. The van der Waals surface area contributed by atoms with Crippen molar-refractivity contribution in [3.8, 4) is 0 Å². The summed E-state index contributed by atoms with van der Waals surface area (Å²) < 4.78 is 6.58. The molecule has 0 radical (unpaired) electrons. The number of hydrogen-bond donors (Lipinski definition) is 0. The van der Waals surface area contributed by atoms with Crippen molar-refractivity contribution in [1.82, 2.24) is 0 Å². The van der Waals surface area contributed by atoms with Gasteiger partial charge < -0.3 is 24.8 Å². The quantitative estimate of drug-likeness (QED) is 0.582. The van der Waals surface area contributed by atoms with E-state index in [4.69, 9.17) is 3.32 Å². The Labute approximate surface area is 180 Å². The van der Waals surface area contributed by atoms with Crippen LogP contribution >= 0.6 is 0 Å². The molecular formula is C21H30Cl2O2Ti. The van der Waals surface area contributed by atoms with Gasteiger partial charge in [-0.15, -0.1) is 0 Å². The predicted octanol–water partition coefficient (Wildman–Crippen LogP) is -0.0953. The van der Waals surface area contributed by atoms with E-state index in [1.807, 2.05) is 0 Å². The maximum absolute atomic E-state index is 12.4. The van der Waals surface area contributed by atoms with Gasteiger partial charge in [0, 0.05) is 0 Å². The van der Waals surface area contributed by atoms with Crippen molar-refractivity contribution in [2.75, 3.05) is 0 Å². The molecule has 5 heteroatoms. The topological polar surface area (TPSA) is 26.3 Å². The molecule has 0 N–H and O–H groups in total. The molecule has 0 aromatic carbocycles. The molecule has 0 amide bonds. The Bertz CT molecular complexity index is 579. The molecule has 4 aliphatic rings. The Hall–Kier alpha value is 0.244. The van der Waals surface area contributed by atoms with Crippen LogP contribution in [-0.4, -0.2) is 5.97 Å². The number of halogens is 2. The number of allylic oxidation sites excluding steroid dienone is 4. The third-order valence-corrected chi connectivity index (χ3v) is 8.63. The largest absolute Gasteiger partial charge is 1.00 e. The van der Waals surface area contributed by atoms with Gasteiger partial charge in [-0.3, -0.25) is 0 Å². The molecule has 0 heterocycles. The van der Waals surface area contributed by atoms with Gasteiger partial charge in [0.25, 0.3) is 0 Å². The number of carbonyl (C=O) groups is 1. The van der Waals surface area contributed by atoms with Crippen LogP contribution in [0.2, 0.25) is 4.22 Å². The molecule has 2 unspecified atom stereocenters. The van der Waals surface area contributed by atoms with Gasteiger partial charge in [0.15, 0.2) is 0 Å². The Balaban J connectivity index is 0.00000121. The molecule has 0 aromatic heterocycles. The van der Waals surface area contributed by atoms with Crippen molar-refractivity contribution in [1.29, 1.82) is 0 Å². The molecule has 26 heavy (non-hydrogen) atoms. The fourth-order valence-corrected chi connectivity index (χ4v) is 7.52. The van der Waals surface area contributed by atoms with Crippen molar-refractivity contribution in [2.45, 2.75) is 88.2 Å². The van der Waals surface area contributed by atoms with Gasteiger partial charge in [0.1, 0.15) is 0 Å². The van der Waals surface area contributed by atoms with Gasteiger partial charge in [-0.05, 0) is 0 Å². The molecular weight excluding hydrogens is 403 g/mol. The van der Waals surface area contributed by atoms with E-state index in [1.54, 1.807) is 22.3 Å². The number of hydrogen-bond acceptors (Lipinski definition) is 2. The van der Waals surface area contributed by atoms with E-state index in [1.165, 1.54) is 64.2 Å². The van der Waals surface area contributed by atoms with Crippen LogP contribution in [0.4, 0.5) is 0 Å². The van der Waals surface area contributed by atoms with Crippen LogP contribution in [0.5, 0.6) is 0 Å². The van der Waals surface area contributed by atoms with Crippen LogP contribution in [0.1, 0.15) is 84.0 Å². The second-order valence-electron chi connectivity index (χ2n) is 8.19. The molecule has 0 aromatic rings. The standard InChI is InChI=1S/C14H19.C7H12O2.2ClH.Ti/c1-10-11-6-2-4-8-13(11)14-9-5-3-7-12(10)14;8-7(9)6-4-2-1-3-5-6;;;/h6,10H,2-5,7-9H2,1H3;6H,1-5H2,(H,8,9);2*1H;/q;;;;+3/p-3. The first-order chi connectivity index (χ1) is 11.8. The maximum atomic E-state index is 12.4. The number of rotatable bonds is 3. The second-order valence-corrected chi connectivity index (χ2v) is 9.96. The Kier molecular flexibility index (Phi) is 8.79. The zero-order valence-corrected chi connectivity index (χ0v) is 18.9. The predicted molar refractivity (Wildman–Crippen MR) is 92.0 cm³/mol. The van der Waals surface area contributed by atoms with E-state index in [0.717, 1.165) is 12.8 Å². The average Bonchev–Trinajstić information content (AvgIpc) is 2.94. The van der Waals surface area contributed by atoms with Crippen LogP contribution in [0.3, 0.4) is 0 Å². The van der Waals surface area contributed by atoms with Crippen molar-refractivity contribution in [3.63, 3.8) is 0 Å². The minimum Gasteiger partial charge on any atom is -1.00 e. The van der Waals surface area contributed by atoms with Crippen LogP contribution in [0.15, 0.2) is 22.3 Å². The van der Waals surface area contributed by atoms with Gasteiger partial charge in [0.05, 0.1) is 0 Å². The molecule has 0 saturated heterocycles. The summed E-state index contributed by atoms with van der Waals surface area (Å²) in [5.41, 5.74) is 6.91. The summed E-state index contributed by atoms with van der Waals surface area (Å²) >= 11 is -0.641. The van der Waals surface area contributed by atoms with E-state index < -0.39 is 19.5 Å². The summed E-state index contributed by atoms with van der Waals surface area (Å²) in [6.45, 7) is 2.43. The van der Waals surface area contributed by atoms with Crippen LogP contribution in [-0.2, 0) is 27.7 Å². The molecule has 0 aliphatic heterocycles. The SMILES string of the molecule is CC1C2=C(CCCC2)C2=C1[CH]([Ti+2][O]C(=O)C1CCCCC1)CCC2.[Cl-].[Cl-]. The molecule has 1 fully saturated rings. The minimum absolute atomic E-state index is 0. The summed E-state index contributed by atoms with van der Waals surface area (Å²) in [6, 6.07) is 0. The smallest absolute Gasteiger partial charge is 1.00 e.